The molecule has 0 aliphatic rings. The maximum absolute atomic E-state index is 13.3. The zero-order valence-corrected chi connectivity index (χ0v) is 9.76. The molecule has 0 amide bonds. The average molecular weight is 246 g/mol. The van der Waals surface area contributed by atoms with Gasteiger partial charge < -0.3 is 15.5 Å². The van der Waals surface area contributed by atoms with E-state index in [-0.39, 0.29) is 17.6 Å². The molecule has 0 spiro atoms. The molecule has 1 unspecified atom stereocenters. The number of hydrogen-bond acceptors (Lipinski definition) is 5. The Hall–Kier alpha value is -1.47. The first-order valence-corrected chi connectivity index (χ1v) is 5.14. The first-order chi connectivity index (χ1) is 8.08. The number of hydrazine groups is 1. The fraction of sp³-hybridized carbons (Fsp3) is 0.500. The fourth-order valence-electron chi connectivity index (χ4n) is 1.31. The third-order valence-corrected chi connectivity index (χ3v) is 2.14. The van der Waals surface area contributed by atoms with Gasteiger partial charge in [0.25, 0.3) is 0 Å². The number of anilines is 2. The number of nitrogens with one attached hydrogen (secondary N) is 2. The van der Waals surface area contributed by atoms with Crippen molar-refractivity contribution < 1.29 is 13.5 Å². The van der Waals surface area contributed by atoms with E-state index in [9.17, 15) is 8.78 Å². The highest BCUT2D eigenvalue weighted by Gasteiger charge is 2.11. The average Bonchev–Trinajstić information content (AvgIpc) is 2.28. The summed E-state index contributed by atoms with van der Waals surface area (Å²) >= 11 is 0. The normalized spacial score (nSPS) is 12.3. The SMILES string of the molecule is COCC(C)CNc1nc(NN)c(F)cc1F. The first-order valence-electron chi connectivity index (χ1n) is 5.14. The van der Waals surface area contributed by atoms with Crippen molar-refractivity contribution in [3.05, 3.63) is 17.7 Å². The minimum atomic E-state index is -0.833. The lowest BCUT2D eigenvalue weighted by atomic mass is 10.2. The molecule has 0 aromatic carbocycles. The van der Waals surface area contributed by atoms with Crippen molar-refractivity contribution in [1.29, 1.82) is 0 Å². The summed E-state index contributed by atoms with van der Waals surface area (Å²) in [4.78, 5) is 3.68. The third kappa shape index (κ3) is 3.79. The third-order valence-electron chi connectivity index (χ3n) is 2.14. The Balaban J connectivity index is 2.70. The van der Waals surface area contributed by atoms with E-state index in [1.54, 1.807) is 7.11 Å². The van der Waals surface area contributed by atoms with Crippen molar-refractivity contribution in [2.24, 2.45) is 11.8 Å². The highest BCUT2D eigenvalue weighted by Crippen LogP contribution is 2.18. The minimum absolute atomic E-state index is 0.0395. The summed E-state index contributed by atoms with van der Waals surface area (Å²) in [5.41, 5.74) is 2.06. The highest BCUT2D eigenvalue weighted by atomic mass is 19.1. The van der Waals surface area contributed by atoms with E-state index in [1.165, 1.54) is 0 Å². The lowest BCUT2D eigenvalue weighted by Gasteiger charge is -2.13. The molecule has 0 aliphatic carbocycles. The largest absolute Gasteiger partial charge is 0.384 e. The Kier molecular flexibility index (Phi) is 5.05. The monoisotopic (exact) mass is 246 g/mol. The maximum Gasteiger partial charge on any atom is 0.178 e. The number of halogens is 2. The highest BCUT2D eigenvalue weighted by molar-refractivity contribution is 5.46. The van der Waals surface area contributed by atoms with Gasteiger partial charge in [0, 0.05) is 19.7 Å². The van der Waals surface area contributed by atoms with Crippen LogP contribution in [0.15, 0.2) is 6.07 Å². The number of rotatable bonds is 6. The van der Waals surface area contributed by atoms with Crippen molar-refractivity contribution in [3.8, 4) is 0 Å². The summed E-state index contributed by atoms with van der Waals surface area (Å²) in [6.07, 6.45) is 0. The van der Waals surface area contributed by atoms with Crippen molar-refractivity contribution >= 4 is 11.6 Å². The van der Waals surface area contributed by atoms with Gasteiger partial charge in [-0.15, -0.1) is 0 Å². The number of pyridine rings is 1. The van der Waals surface area contributed by atoms with Gasteiger partial charge in [0.1, 0.15) is 0 Å². The lowest BCUT2D eigenvalue weighted by Crippen LogP contribution is -2.18. The van der Waals surface area contributed by atoms with Gasteiger partial charge in [0.15, 0.2) is 23.3 Å². The van der Waals surface area contributed by atoms with Crippen LogP contribution < -0.4 is 16.6 Å². The number of aromatic nitrogens is 1. The molecular weight excluding hydrogens is 230 g/mol. The second kappa shape index (κ2) is 6.31. The molecular formula is C10H16F2N4O. The summed E-state index contributed by atoms with van der Waals surface area (Å²) < 4.78 is 31.3. The molecule has 96 valence electrons. The van der Waals surface area contributed by atoms with Gasteiger partial charge in [-0.25, -0.2) is 19.6 Å². The van der Waals surface area contributed by atoms with Gasteiger partial charge in [0.2, 0.25) is 0 Å². The van der Waals surface area contributed by atoms with Crippen molar-refractivity contribution in [2.75, 3.05) is 31.0 Å². The Morgan fingerprint density at radius 3 is 2.65 bits per heavy atom. The summed E-state index contributed by atoms with van der Waals surface area (Å²) in [6.45, 7) is 2.94. The number of hydrogen-bond donors (Lipinski definition) is 3. The molecule has 5 nitrogen and oxygen atoms in total. The van der Waals surface area contributed by atoms with Crippen LogP contribution in [0.25, 0.3) is 0 Å². The number of nitrogen functional groups attached to an aromatic ring is 1. The summed E-state index contributed by atoms with van der Waals surface area (Å²) in [6, 6.07) is 0.728. The molecule has 0 aliphatic heterocycles. The van der Waals surface area contributed by atoms with E-state index in [0.29, 0.717) is 13.2 Å². The second-order valence-corrected chi connectivity index (χ2v) is 3.73. The molecule has 1 aromatic rings. The molecule has 0 saturated heterocycles. The van der Waals surface area contributed by atoms with Crippen molar-refractivity contribution in [3.63, 3.8) is 0 Å². The molecule has 1 aromatic heterocycles. The molecule has 7 heteroatoms. The van der Waals surface area contributed by atoms with Crippen molar-refractivity contribution in [1.82, 2.24) is 4.98 Å². The molecule has 17 heavy (non-hydrogen) atoms. The lowest BCUT2D eigenvalue weighted by molar-refractivity contribution is 0.164. The van der Waals surface area contributed by atoms with Gasteiger partial charge in [-0.2, -0.15) is 0 Å². The predicted molar refractivity (Wildman–Crippen MR) is 61.5 cm³/mol. The molecule has 4 N–H and O–H groups in total. The van der Waals surface area contributed by atoms with E-state index < -0.39 is 11.6 Å². The second-order valence-electron chi connectivity index (χ2n) is 3.73. The maximum atomic E-state index is 13.3. The predicted octanol–water partition coefficient (Wildman–Crippen LogP) is 1.34. The van der Waals surface area contributed by atoms with Crippen LogP contribution in [0, 0.1) is 17.6 Å². The summed E-state index contributed by atoms with van der Waals surface area (Å²) in [5, 5.41) is 2.77. The summed E-state index contributed by atoms with van der Waals surface area (Å²) in [7, 11) is 1.59. The van der Waals surface area contributed by atoms with Gasteiger partial charge in [0.05, 0.1) is 6.61 Å². The van der Waals surface area contributed by atoms with Gasteiger partial charge in [-0.3, -0.25) is 0 Å². The zero-order chi connectivity index (χ0) is 12.8. The fourth-order valence-corrected chi connectivity index (χ4v) is 1.31. The Bertz CT molecular complexity index is 376. The topological polar surface area (TPSA) is 72.2 Å². The van der Waals surface area contributed by atoms with Crippen LogP contribution in [0.5, 0.6) is 0 Å². The van der Waals surface area contributed by atoms with E-state index in [1.807, 2.05) is 6.92 Å². The minimum Gasteiger partial charge on any atom is -0.384 e. The van der Waals surface area contributed by atoms with Crippen LogP contribution in [0.4, 0.5) is 20.4 Å². The summed E-state index contributed by atoms with van der Waals surface area (Å²) in [5.74, 6) is 3.40. The standard InChI is InChI=1S/C10H16F2N4O/c1-6(5-17-2)4-14-9-7(11)3-8(12)10(15-9)16-13/h3,6H,4-5,13H2,1-2H3,(H2,14,15,16). The number of nitrogens with zero attached hydrogens (tertiary/aromatic N) is 1. The first kappa shape index (κ1) is 13.6. The van der Waals surface area contributed by atoms with Gasteiger partial charge in [-0.1, -0.05) is 6.92 Å². The van der Waals surface area contributed by atoms with Crippen LogP contribution in [0.3, 0.4) is 0 Å². The van der Waals surface area contributed by atoms with E-state index in [4.69, 9.17) is 10.6 Å². The zero-order valence-electron chi connectivity index (χ0n) is 9.76. The Morgan fingerprint density at radius 1 is 1.41 bits per heavy atom. The van der Waals surface area contributed by atoms with Crippen molar-refractivity contribution in [2.45, 2.75) is 6.92 Å². The van der Waals surface area contributed by atoms with Gasteiger partial charge >= 0.3 is 0 Å². The van der Waals surface area contributed by atoms with Crippen LogP contribution in [-0.2, 0) is 4.74 Å². The molecule has 0 fully saturated rings. The van der Waals surface area contributed by atoms with E-state index >= 15 is 0 Å². The molecule has 1 rings (SSSR count). The number of nitrogens with two attached hydrogens (primary N) is 1. The molecule has 0 saturated carbocycles. The molecule has 1 atom stereocenters. The molecule has 1 heterocycles. The van der Waals surface area contributed by atoms with Gasteiger partial charge in [-0.05, 0) is 5.92 Å². The smallest absolute Gasteiger partial charge is 0.178 e. The van der Waals surface area contributed by atoms with E-state index in [0.717, 1.165) is 6.07 Å². The van der Waals surface area contributed by atoms with Crippen LogP contribution in [0.2, 0.25) is 0 Å². The van der Waals surface area contributed by atoms with Crippen LogP contribution in [0.1, 0.15) is 6.92 Å². The Labute approximate surface area is 98.3 Å². The quantitative estimate of drug-likeness (QED) is 0.522. The number of methoxy groups -OCH3 is 1. The Morgan fingerprint density at radius 2 is 2.06 bits per heavy atom. The van der Waals surface area contributed by atoms with E-state index in [2.05, 4.69) is 15.7 Å². The molecule has 0 radical (unpaired) electrons. The molecule has 0 bridgehead atoms. The van der Waals surface area contributed by atoms with Crippen LogP contribution in [-0.4, -0.2) is 25.2 Å². The number of ether oxygens (including phenoxy) is 1. The van der Waals surface area contributed by atoms with Crippen LogP contribution >= 0.6 is 0 Å².